The fourth-order valence-corrected chi connectivity index (χ4v) is 4.15. The number of nitrogens with zero attached hydrogens (tertiary/aromatic N) is 4. The van der Waals surface area contributed by atoms with Crippen LogP contribution < -0.4 is 14.4 Å². The fourth-order valence-electron chi connectivity index (χ4n) is 4.15. The third kappa shape index (κ3) is 3.42. The van der Waals surface area contributed by atoms with E-state index in [1.54, 1.807) is 0 Å². The molecule has 4 heterocycles. The fraction of sp³-hybridized carbons (Fsp3) is 0.364. The van der Waals surface area contributed by atoms with E-state index in [2.05, 4.69) is 51.2 Å². The van der Waals surface area contributed by atoms with Gasteiger partial charge in [-0.3, -0.25) is 10.00 Å². The van der Waals surface area contributed by atoms with E-state index in [9.17, 15) is 0 Å². The molecule has 7 nitrogen and oxygen atoms in total. The predicted molar refractivity (Wildman–Crippen MR) is 111 cm³/mol. The van der Waals surface area contributed by atoms with Crippen LogP contribution in [0.15, 0.2) is 36.7 Å². The molecular weight excluding hydrogens is 366 g/mol. The first kappa shape index (κ1) is 18.0. The highest BCUT2D eigenvalue weighted by Crippen LogP contribution is 2.35. The Balaban J connectivity index is 1.39. The molecule has 150 valence electrons. The van der Waals surface area contributed by atoms with Crippen molar-refractivity contribution in [3.05, 3.63) is 53.3 Å². The number of ether oxygens (including phenoxy) is 2. The van der Waals surface area contributed by atoms with E-state index in [4.69, 9.17) is 9.47 Å². The van der Waals surface area contributed by atoms with Crippen LogP contribution in [0.5, 0.6) is 11.5 Å². The van der Waals surface area contributed by atoms with Crippen LogP contribution in [0.1, 0.15) is 16.7 Å². The van der Waals surface area contributed by atoms with Crippen molar-refractivity contribution in [2.75, 3.05) is 38.8 Å². The molecular formula is C22H25N5O2. The Morgan fingerprint density at radius 3 is 2.86 bits per heavy atom. The van der Waals surface area contributed by atoms with Crippen LogP contribution in [0, 0.1) is 0 Å². The quantitative estimate of drug-likeness (QED) is 0.738. The lowest BCUT2D eigenvalue weighted by molar-refractivity contribution is 0.171. The number of nitrogens with one attached hydrogen (secondary N) is 1. The van der Waals surface area contributed by atoms with Gasteiger partial charge in [0.15, 0.2) is 11.5 Å². The number of pyridine rings is 1. The Bertz CT molecular complexity index is 1030. The van der Waals surface area contributed by atoms with Crippen molar-refractivity contribution in [3.63, 3.8) is 0 Å². The molecule has 1 N–H and O–H groups in total. The van der Waals surface area contributed by atoms with Crippen LogP contribution in [0.2, 0.25) is 0 Å². The number of aromatic nitrogens is 3. The van der Waals surface area contributed by atoms with Gasteiger partial charge in [-0.15, -0.1) is 0 Å². The second-order valence-electron chi connectivity index (χ2n) is 7.76. The zero-order valence-corrected chi connectivity index (χ0v) is 16.8. The number of benzene rings is 1. The minimum atomic E-state index is 0.585. The minimum Gasteiger partial charge on any atom is -0.486 e. The number of H-pyrrole nitrogens is 1. The summed E-state index contributed by atoms with van der Waals surface area (Å²) in [4.78, 5) is 9.14. The molecule has 2 aliphatic heterocycles. The van der Waals surface area contributed by atoms with Crippen LogP contribution >= 0.6 is 0 Å². The summed E-state index contributed by atoms with van der Waals surface area (Å²) >= 11 is 0. The average molecular weight is 391 g/mol. The lowest BCUT2D eigenvalue weighted by Crippen LogP contribution is -2.31. The van der Waals surface area contributed by atoms with Gasteiger partial charge in [-0.25, -0.2) is 4.98 Å². The second-order valence-corrected chi connectivity index (χ2v) is 7.76. The number of anilines is 1. The number of hydrogen-bond acceptors (Lipinski definition) is 6. The molecule has 0 radical (unpaired) electrons. The van der Waals surface area contributed by atoms with Gasteiger partial charge < -0.3 is 14.4 Å². The van der Waals surface area contributed by atoms with Crippen molar-refractivity contribution in [2.24, 2.45) is 0 Å². The Hall–Kier alpha value is -3.06. The molecule has 0 spiro atoms. The van der Waals surface area contributed by atoms with Gasteiger partial charge in [-0.05, 0) is 36.2 Å². The Morgan fingerprint density at radius 1 is 1.14 bits per heavy atom. The van der Waals surface area contributed by atoms with Crippen molar-refractivity contribution in [1.29, 1.82) is 0 Å². The van der Waals surface area contributed by atoms with Gasteiger partial charge in [0.2, 0.25) is 0 Å². The maximum atomic E-state index is 5.75. The number of fused-ring (bicyclic) bond motifs is 2. The minimum absolute atomic E-state index is 0.585. The summed E-state index contributed by atoms with van der Waals surface area (Å²) in [6, 6.07) is 8.22. The highest BCUT2D eigenvalue weighted by Gasteiger charge is 2.22. The summed E-state index contributed by atoms with van der Waals surface area (Å²) in [5, 5.41) is 7.50. The molecule has 5 rings (SSSR count). The smallest absolute Gasteiger partial charge is 0.162 e. The first-order valence-electron chi connectivity index (χ1n) is 9.98. The predicted octanol–water partition coefficient (Wildman–Crippen LogP) is 2.87. The lowest BCUT2D eigenvalue weighted by Gasteiger charge is -2.31. The van der Waals surface area contributed by atoms with Crippen LogP contribution in [-0.2, 0) is 19.5 Å². The van der Waals surface area contributed by atoms with Crippen LogP contribution in [0.4, 0.5) is 5.82 Å². The van der Waals surface area contributed by atoms with E-state index in [-0.39, 0.29) is 0 Å². The third-order valence-corrected chi connectivity index (χ3v) is 5.58. The average Bonchev–Trinajstić information content (AvgIpc) is 3.21. The van der Waals surface area contributed by atoms with E-state index >= 15 is 0 Å². The maximum Gasteiger partial charge on any atom is 0.162 e. The molecule has 2 aliphatic rings. The molecule has 29 heavy (non-hydrogen) atoms. The zero-order valence-electron chi connectivity index (χ0n) is 16.8. The highest BCUT2D eigenvalue weighted by atomic mass is 16.6. The van der Waals surface area contributed by atoms with Crippen molar-refractivity contribution in [2.45, 2.75) is 19.5 Å². The molecule has 0 atom stereocenters. The topological polar surface area (TPSA) is 66.5 Å². The van der Waals surface area contributed by atoms with Gasteiger partial charge in [0.25, 0.3) is 0 Å². The van der Waals surface area contributed by atoms with Gasteiger partial charge in [0.1, 0.15) is 19.0 Å². The van der Waals surface area contributed by atoms with Gasteiger partial charge in [0.05, 0.1) is 11.9 Å². The molecule has 1 aromatic carbocycles. The van der Waals surface area contributed by atoms with Crippen molar-refractivity contribution in [3.8, 4) is 22.8 Å². The highest BCUT2D eigenvalue weighted by molar-refractivity contribution is 5.66. The summed E-state index contributed by atoms with van der Waals surface area (Å²) in [6.07, 6.45) is 4.88. The molecule has 0 saturated carbocycles. The molecule has 3 aromatic rings. The largest absolute Gasteiger partial charge is 0.486 e. The Labute approximate surface area is 170 Å². The number of aromatic amines is 1. The standard InChI is InChI=1S/C22H25N5O2/c1-26(2)22-18-14-27(8-6-15(18)5-7-23-22)13-17-12-24-25-21(17)16-3-4-19-20(11-16)29-10-9-28-19/h3-5,7,11-12H,6,8-10,13-14H2,1-2H3,(H,24,25). The lowest BCUT2D eigenvalue weighted by atomic mass is 9.99. The van der Waals surface area contributed by atoms with Crippen LogP contribution in [0.3, 0.4) is 0 Å². The second kappa shape index (κ2) is 7.40. The van der Waals surface area contributed by atoms with Crippen molar-refractivity contribution >= 4 is 5.82 Å². The summed E-state index contributed by atoms with van der Waals surface area (Å²) in [6.45, 7) is 3.93. The van der Waals surface area contributed by atoms with E-state index in [0.29, 0.717) is 13.2 Å². The molecule has 0 fully saturated rings. The molecule has 0 aliphatic carbocycles. The van der Waals surface area contributed by atoms with Gasteiger partial charge in [0, 0.05) is 56.6 Å². The van der Waals surface area contributed by atoms with Gasteiger partial charge in [-0.2, -0.15) is 5.10 Å². The van der Waals surface area contributed by atoms with E-state index in [1.165, 1.54) is 16.7 Å². The Morgan fingerprint density at radius 2 is 2.00 bits per heavy atom. The maximum absolute atomic E-state index is 5.75. The van der Waals surface area contributed by atoms with Crippen LogP contribution in [-0.4, -0.2) is 53.9 Å². The molecule has 7 heteroatoms. The van der Waals surface area contributed by atoms with Gasteiger partial charge in [-0.1, -0.05) is 0 Å². The number of hydrogen-bond donors (Lipinski definition) is 1. The Kier molecular flexibility index (Phi) is 4.60. The normalized spacial score (nSPS) is 15.8. The first-order chi connectivity index (χ1) is 14.2. The molecule has 0 unspecified atom stereocenters. The summed E-state index contributed by atoms with van der Waals surface area (Å²) in [5.74, 6) is 2.66. The van der Waals surface area contributed by atoms with E-state index in [0.717, 1.165) is 54.6 Å². The van der Waals surface area contributed by atoms with E-state index < -0.39 is 0 Å². The molecule has 0 amide bonds. The monoisotopic (exact) mass is 391 g/mol. The molecule has 0 saturated heterocycles. The SMILES string of the molecule is CN(C)c1nccc2c1CN(Cc1cn[nH]c1-c1ccc3c(c1)OCCO3)CC2. The first-order valence-corrected chi connectivity index (χ1v) is 9.98. The molecule has 2 aromatic heterocycles. The van der Waals surface area contributed by atoms with Gasteiger partial charge >= 0.3 is 0 Å². The third-order valence-electron chi connectivity index (χ3n) is 5.58. The van der Waals surface area contributed by atoms with Crippen molar-refractivity contribution < 1.29 is 9.47 Å². The summed E-state index contributed by atoms with van der Waals surface area (Å²) < 4.78 is 11.4. The zero-order chi connectivity index (χ0) is 19.8. The molecule has 0 bridgehead atoms. The van der Waals surface area contributed by atoms with E-state index in [1.807, 2.05) is 24.5 Å². The summed E-state index contributed by atoms with van der Waals surface area (Å²) in [5.41, 5.74) is 6.01. The summed E-state index contributed by atoms with van der Waals surface area (Å²) in [7, 11) is 4.11. The number of rotatable bonds is 4. The van der Waals surface area contributed by atoms with Crippen molar-refractivity contribution in [1.82, 2.24) is 20.1 Å². The van der Waals surface area contributed by atoms with Crippen LogP contribution in [0.25, 0.3) is 11.3 Å².